The zero-order valence-corrected chi connectivity index (χ0v) is 16.9. The van der Waals surface area contributed by atoms with Gasteiger partial charge in [-0.3, -0.25) is 4.79 Å². The molecule has 1 N–H and O–H groups in total. The molecule has 4 nitrogen and oxygen atoms in total. The van der Waals surface area contributed by atoms with E-state index in [-0.39, 0.29) is 11.4 Å². The number of hydrogen-bond acceptors (Lipinski definition) is 4. The quantitative estimate of drug-likeness (QED) is 0.373. The number of likely N-dealkylation sites (N-methyl/N-ethyl adjacent to an activating group) is 1. The van der Waals surface area contributed by atoms with Crippen LogP contribution in [0, 0.1) is 17.1 Å². The first-order chi connectivity index (χ1) is 13.5. The number of alkyl halides is 3. The first-order valence-electron chi connectivity index (χ1n) is 8.18. The number of thioether (sulfide) groups is 1. The van der Waals surface area contributed by atoms with Crippen molar-refractivity contribution < 1.29 is 22.4 Å². The zero-order valence-electron chi connectivity index (χ0n) is 15.3. The lowest BCUT2D eigenvalue weighted by Gasteiger charge is -2.32. The van der Waals surface area contributed by atoms with Gasteiger partial charge in [-0.15, -0.1) is 11.8 Å². The van der Waals surface area contributed by atoms with Gasteiger partial charge in [0.1, 0.15) is 11.4 Å². The number of benzene rings is 2. The number of amides is 1. The number of hydrogen-bond donors (Lipinski definition) is 1. The maximum absolute atomic E-state index is 13.1. The third-order valence-corrected chi connectivity index (χ3v) is 5.89. The number of halogens is 5. The number of nitrogens with one attached hydrogen (secondary N) is 1. The largest absolute Gasteiger partial charge is 0.417 e. The van der Waals surface area contributed by atoms with Crippen molar-refractivity contribution in [1.29, 1.82) is 5.26 Å². The van der Waals surface area contributed by atoms with E-state index in [1.54, 1.807) is 12.1 Å². The van der Waals surface area contributed by atoms with Gasteiger partial charge in [0, 0.05) is 23.4 Å². The summed E-state index contributed by atoms with van der Waals surface area (Å²) in [5, 5.41) is 11.3. The normalized spacial score (nSPS) is 13.6. The predicted molar refractivity (Wildman–Crippen MR) is 104 cm³/mol. The molecule has 2 rings (SSSR count). The van der Waals surface area contributed by atoms with Crippen LogP contribution in [0.2, 0.25) is 0 Å². The van der Waals surface area contributed by atoms with Gasteiger partial charge in [0.2, 0.25) is 5.91 Å². The summed E-state index contributed by atoms with van der Waals surface area (Å²) in [4.78, 5) is 13.5. The van der Waals surface area contributed by atoms with Gasteiger partial charge in [-0.05, 0) is 61.2 Å². The SMILES string of the molecule is CN(Cl)C(C)(CSc1ccc(F)cc1)C(=O)Nc1ccc(C#N)c(C(F)(F)F)c1. The monoisotopic (exact) mass is 445 g/mol. The Morgan fingerprint density at radius 2 is 1.86 bits per heavy atom. The molecule has 1 atom stereocenters. The Balaban J connectivity index is 2.23. The van der Waals surface area contributed by atoms with Gasteiger partial charge in [-0.25, -0.2) is 8.81 Å². The summed E-state index contributed by atoms with van der Waals surface area (Å²) in [5.41, 5.74) is -3.09. The van der Waals surface area contributed by atoms with Crippen molar-refractivity contribution in [2.45, 2.75) is 23.5 Å². The van der Waals surface area contributed by atoms with E-state index >= 15 is 0 Å². The second-order valence-electron chi connectivity index (χ2n) is 6.32. The first kappa shape index (κ1) is 23.0. The Morgan fingerprint density at radius 3 is 2.38 bits per heavy atom. The van der Waals surface area contributed by atoms with Crippen molar-refractivity contribution in [3.8, 4) is 6.07 Å². The molecule has 29 heavy (non-hydrogen) atoms. The van der Waals surface area contributed by atoms with Crippen LogP contribution >= 0.6 is 23.5 Å². The van der Waals surface area contributed by atoms with Crippen molar-refractivity contribution >= 4 is 35.1 Å². The van der Waals surface area contributed by atoms with Gasteiger partial charge in [0.25, 0.3) is 0 Å². The molecule has 0 fully saturated rings. The molecule has 1 unspecified atom stereocenters. The molecular weight excluding hydrogens is 430 g/mol. The predicted octanol–water partition coefficient (Wildman–Crippen LogP) is 5.29. The summed E-state index contributed by atoms with van der Waals surface area (Å²) >= 11 is 7.31. The molecule has 0 heterocycles. The van der Waals surface area contributed by atoms with Crippen LogP contribution in [0.3, 0.4) is 0 Å². The first-order valence-corrected chi connectivity index (χ1v) is 9.50. The molecule has 0 aliphatic heterocycles. The van der Waals surface area contributed by atoms with Gasteiger partial charge in [0.15, 0.2) is 0 Å². The smallest absolute Gasteiger partial charge is 0.324 e. The van der Waals surface area contributed by atoms with Gasteiger partial charge >= 0.3 is 6.18 Å². The summed E-state index contributed by atoms with van der Waals surface area (Å²) in [6.07, 6.45) is -4.74. The van der Waals surface area contributed by atoms with E-state index < -0.39 is 34.6 Å². The molecule has 2 aromatic rings. The number of carbonyl (C=O) groups excluding carboxylic acids is 1. The third-order valence-electron chi connectivity index (χ3n) is 4.21. The Hall–Kier alpha value is -2.28. The molecule has 0 spiro atoms. The Kier molecular flexibility index (Phi) is 7.16. The molecule has 0 aliphatic carbocycles. The number of nitrogens with zero attached hydrogens (tertiary/aromatic N) is 2. The number of nitriles is 1. The van der Waals surface area contributed by atoms with E-state index in [1.807, 2.05) is 0 Å². The summed E-state index contributed by atoms with van der Waals surface area (Å²) in [6.45, 7) is 1.53. The summed E-state index contributed by atoms with van der Waals surface area (Å²) in [7, 11) is 1.45. The lowest BCUT2D eigenvalue weighted by Crippen LogP contribution is -2.51. The second kappa shape index (κ2) is 9.03. The van der Waals surface area contributed by atoms with E-state index in [4.69, 9.17) is 17.0 Å². The maximum atomic E-state index is 13.1. The van der Waals surface area contributed by atoms with Gasteiger partial charge < -0.3 is 5.32 Å². The zero-order chi connectivity index (χ0) is 21.8. The molecule has 0 bridgehead atoms. The van der Waals surface area contributed by atoms with Crippen LogP contribution in [0.5, 0.6) is 0 Å². The number of anilines is 1. The van der Waals surface area contributed by atoms with Crippen molar-refractivity contribution in [1.82, 2.24) is 4.42 Å². The molecule has 0 saturated carbocycles. The summed E-state index contributed by atoms with van der Waals surface area (Å²) < 4.78 is 53.5. The molecule has 0 radical (unpaired) electrons. The average molecular weight is 446 g/mol. The van der Waals surface area contributed by atoms with Crippen LogP contribution < -0.4 is 5.32 Å². The van der Waals surface area contributed by atoms with Gasteiger partial charge in [-0.1, -0.05) is 0 Å². The average Bonchev–Trinajstić information content (AvgIpc) is 2.66. The number of carbonyl (C=O) groups is 1. The topological polar surface area (TPSA) is 56.1 Å². The highest BCUT2D eigenvalue weighted by atomic mass is 35.5. The fourth-order valence-electron chi connectivity index (χ4n) is 2.27. The molecule has 1 amide bonds. The van der Waals surface area contributed by atoms with Crippen molar-refractivity contribution in [2.24, 2.45) is 0 Å². The van der Waals surface area contributed by atoms with Crippen LogP contribution in [0.4, 0.5) is 23.2 Å². The molecule has 10 heteroatoms. The molecule has 154 valence electrons. The molecule has 0 aromatic heterocycles. The van der Waals surface area contributed by atoms with E-state index in [1.165, 1.54) is 50.0 Å². The van der Waals surface area contributed by atoms with E-state index in [9.17, 15) is 22.4 Å². The van der Waals surface area contributed by atoms with Gasteiger partial charge in [0.05, 0.1) is 17.2 Å². The molecule has 0 saturated heterocycles. The second-order valence-corrected chi connectivity index (χ2v) is 7.87. The lowest BCUT2D eigenvalue weighted by molar-refractivity contribution is -0.137. The molecule has 0 aliphatic rings. The van der Waals surface area contributed by atoms with Gasteiger partial charge in [-0.2, -0.15) is 18.4 Å². The van der Waals surface area contributed by atoms with E-state index in [0.717, 1.165) is 10.5 Å². The molecular formula is C19H16ClF4N3OS. The highest BCUT2D eigenvalue weighted by molar-refractivity contribution is 7.99. The Bertz CT molecular complexity index is 929. The highest BCUT2D eigenvalue weighted by Crippen LogP contribution is 2.34. The fraction of sp³-hybridized carbons (Fsp3) is 0.263. The summed E-state index contributed by atoms with van der Waals surface area (Å²) in [5.74, 6) is -0.889. The third kappa shape index (κ3) is 5.63. The summed E-state index contributed by atoms with van der Waals surface area (Å²) in [6, 6.07) is 10.0. The van der Waals surface area contributed by atoms with Crippen LogP contribution in [-0.2, 0) is 11.0 Å². The minimum atomic E-state index is -4.74. The lowest BCUT2D eigenvalue weighted by atomic mass is 10.0. The minimum Gasteiger partial charge on any atom is -0.324 e. The van der Waals surface area contributed by atoms with Crippen LogP contribution in [-0.4, -0.2) is 28.7 Å². The van der Waals surface area contributed by atoms with Crippen LogP contribution in [0.1, 0.15) is 18.1 Å². The standard InChI is InChI=1S/C19H16ClF4N3OS/c1-18(27(2)20,11-29-15-7-4-13(21)5-8-15)17(28)26-14-6-3-12(10-25)16(9-14)19(22,23)24/h3-9H,11H2,1-2H3,(H,26,28). The molecule has 2 aromatic carbocycles. The highest BCUT2D eigenvalue weighted by Gasteiger charge is 2.38. The number of rotatable bonds is 6. The van der Waals surface area contributed by atoms with E-state index in [0.29, 0.717) is 11.0 Å². The van der Waals surface area contributed by atoms with Crippen LogP contribution in [0.25, 0.3) is 0 Å². The van der Waals surface area contributed by atoms with Crippen molar-refractivity contribution in [2.75, 3.05) is 18.1 Å². The van der Waals surface area contributed by atoms with E-state index in [2.05, 4.69) is 5.32 Å². The van der Waals surface area contributed by atoms with Crippen LogP contribution in [0.15, 0.2) is 47.4 Å². The fourth-order valence-corrected chi connectivity index (χ4v) is 3.58. The van der Waals surface area contributed by atoms with Crippen molar-refractivity contribution in [3.63, 3.8) is 0 Å². The minimum absolute atomic E-state index is 0.113. The Labute approximate surface area is 174 Å². The maximum Gasteiger partial charge on any atom is 0.417 e. The van der Waals surface area contributed by atoms with Crippen molar-refractivity contribution in [3.05, 3.63) is 59.4 Å². The Morgan fingerprint density at radius 1 is 1.24 bits per heavy atom.